The van der Waals surface area contributed by atoms with Gasteiger partial charge in [0.1, 0.15) is 18.5 Å². The van der Waals surface area contributed by atoms with Crippen molar-refractivity contribution in [1.29, 1.82) is 0 Å². The smallest absolute Gasteiger partial charge is 0.119 e. The second kappa shape index (κ2) is 9.51. The minimum Gasteiger partial charge on any atom is -0.491 e. The van der Waals surface area contributed by atoms with Gasteiger partial charge in [0.25, 0.3) is 0 Å². The number of hydrogen-bond acceptors (Lipinski definition) is 4. The highest BCUT2D eigenvalue weighted by Crippen LogP contribution is 2.55. The molecule has 0 aromatic heterocycles. The van der Waals surface area contributed by atoms with Crippen LogP contribution < -0.4 is 10.1 Å². The molecular formula is C26H36N2O2. The Hall–Kier alpha value is -1.88. The molecule has 1 saturated heterocycles. The molecule has 1 aliphatic carbocycles. The Balaban J connectivity index is 1.42. The standard InChI is InChI=1S/C26H36N2O2/c1-26(2)23(20-12-6-3-7-13-20)24(25(26)28-16-10-5-11-17-28)27-18-21(29)19-30-22-14-8-4-9-15-22/h3-4,6-9,12-15,21,23-25,27,29H,5,10-11,16-19H2,1-2H3. The SMILES string of the molecule is CC1(C)C(c2ccccc2)C(NCC(O)COc2ccccc2)C1N1CCCCC1. The van der Waals surface area contributed by atoms with Gasteiger partial charge in [0.15, 0.2) is 0 Å². The lowest BCUT2D eigenvalue weighted by Crippen LogP contribution is -2.72. The molecule has 1 saturated carbocycles. The normalized spacial score (nSPS) is 27.2. The molecule has 30 heavy (non-hydrogen) atoms. The van der Waals surface area contributed by atoms with Crippen molar-refractivity contribution in [1.82, 2.24) is 10.2 Å². The van der Waals surface area contributed by atoms with Crippen molar-refractivity contribution in [3.8, 4) is 5.75 Å². The second-order valence-corrected chi connectivity index (χ2v) is 9.46. The summed E-state index contributed by atoms with van der Waals surface area (Å²) in [5.74, 6) is 1.24. The summed E-state index contributed by atoms with van der Waals surface area (Å²) in [4.78, 5) is 2.69. The van der Waals surface area contributed by atoms with Gasteiger partial charge in [0, 0.05) is 24.5 Å². The highest BCUT2D eigenvalue weighted by molar-refractivity contribution is 5.32. The number of para-hydroxylation sites is 1. The third-order valence-corrected chi connectivity index (χ3v) is 6.98. The maximum Gasteiger partial charge on any atom is 0.119 e. The quantitative estimate of drug-likeness (QED) is 0.691. The van der Waals surface area contributed by atoms with E-state index >= 15 is 0 Å². The van der Waals surface area contributed by atoms with Crippen molar-refractivity contribution in [2.45, 2.75) is 57.2 Å². The Morgan fingerprint density at radius 1 is 1.00 bits per heavy atom. The number of piperidine rings is 1. The zero-order chi connectivity index (χ0) is 21.0. The number of ether oxygens (including phenoxy) is 1. The summed E-state index contributed by atoms with van der Waals surface area (Å²) in [6.07, 6.45) is 3.40. The highest BCUT2D eigenvalue weighted by atomic mass is 16.5. The Bertz CT molecular complexity index is 774. The fraction of sp³-hybridized carbons (Fsp3) is 0.538. The van der Waals surface area contributed by atoms with E-state index < -0.39 is 6.10 Å². The zero-order valence-electron chi connectivity index (χ0n) is 18.3. The molecule has 4 atom stereocenters. The van der Waals surface area contributed by atoms with Crippen molar-refractivity contribution in [2.75, 3.05) is 26.2 Å². The number of aliphatic hydroxyl groups is 1. The minimum atomic E-state index is -0.535. The number of aliphatic hydroxyl groups excluding tert-OH is 1. The maximum atomic E-state index is 10.6. The van der Waals surface area contributed by atoms with Crippen LogP contribution in [0.3, 0.4) is 0 Å². The largest absolute Gasteiger partial charge is 0.491 e. The van der Waals surface area contributed by atoms with Crippen LogP contribution >= 0.6 is 0 Å². The molecular weight excluding hydrogens is 372 g/mol. The van der Waals surface area contributed by atoms with Gasteiger partial charge in [-0.2, -0.15) is 0 Å². The first-order valence-corrected chi connectivity index (χ1v) is 11.5. The highest BCUT2D eigenvalue weighted by Gasteiger charge is 2.58. The van der Waals surface area contributed by atoms with E-state index in [1.165, 1.54) is 37.9 Å². The summed E-state index contributed by atoms with van der Waals surface area (Å²) in [6.45, 7) is 8.05. The van der Waals surface area contributed by atoms with Crippen LogP contribution in [-0.4, -0.2) is 54.4 Å². The first-order chi connectivity index (χ1) is 14.6. The number of benzene rings is 2. The summed E-state index contributed by atoms with van der Waals surface area (Å²) < 4.78 is 5.75. The molecule has 2 aromatic carbocycles. The Morgan fingerprint density at radius 2 is 1.63 bits per heavy atom. The van der Waals surface area contributed by atoms with Gasteiger partial charge in [-0.25, -0.2) is 0 Å². The van der Waals surface area contributed by atoms with E-state index in [0.717, 1.165) is 5.75 Å². The van der Waals surface area contributed by atoms with Gasteiger partial charge in [0.05, 0.1) is 0 Å². The molecule has 1 aliphatic heterocycles. The van der Waals surface area contributed by atoms with Crippen LogP contribution in [-0.2, 0) is 0 Å². The molecule has 0 spiro atoms. The summed E-state index contributed by atoms with van der Waals surface area (Å²) in [7, 11) is 0. The average Bonchev–Trinajstić information content (AvgIpc) is 2.77. The molecule has 4 rings (SSSR count). The summed E-state index contributed by atoms with van der Waals surface area (Å²) in [5, 5.41) is 14.3. The van der Waals surface area contributed by atoms with Crippen molar-refractivity contribution < 1.29 is 9.84 Å². The van der Waals surface area contributed by atoms with Crippen LogP contribution in [0.4, 0.5) is 0 Å². The maximum absolute atomic E-state index is 10.6. The number of nitrogens with zero attached hydrogens (tertiary/aromatic N) is 1. The number of nitrogens with one attached hydrogen (secondary N) is 1. The van der Waals surface area contributed by atoms with E-state index in [4.69, 9.17) is 4.74 Å². The van der Waals surface area contributed by atoms with Crippen LogP contribution in [0.25, 0.3) is 0 Å². The molecule has 2 fully saturated rings. The van der Waals surface area contributed by atoms with Gasteiger partial charge in [0.2, 0.25) is 0 Å². The molecule has 2 aromatic rings. The van der Waals surface area contributed by atoms with Crippen molar-refractivity contribution in [3.63, 3.8) is 0 Å². The Labute approximate surface area is 181 Å². The minimum absolute atomic E-state index is 0.196. The summed E-state index contributed by atoms with van der Waals surface area (Å²) in [6, 6.07) is 21.4. The molecule has 0 radical (unpaired) electrons. The fourth-order valence-corrected chi connectivity index (χ4v) is 5.63. The van der Waals surface area contributed by atoms with Gasteiger partial charge in [-0.15, -0.1) is 0 Å². The monoisotopic (exact) mass is 408 g/mol. The van der Waals surface area contributed by atoms with Gasteiger partial charge < -0.3 is 15.2 Å². The zero-order valence-corrected chi connectivity index (χ0v) is 18.3. The van der Waals surface area contributed by atoms with Crippen LogP contribution in [0, 0.1) is 5.41 Å². The first kappa shape index (κ1) is 21.4. The predicted octanol–water partition coefficient (Wildman–Crippen LogP) is 4.06. The van der Waals surface area contributed by atoms with Gasteiger partial charge in [-0.05, 0) is 49.0 Å². The van der Waals surface area contributed by atoms with E-state index in [-0.39, 0.29) is 5.41 Å². The molecule has 4 unspecified atom stereocenters. The number of rotatable bonds is 8. The van der Waals surface area contributed by atoms with E-state index in [1.54, 1.807) is 0 Å². The van der Waals surface area contributed by atoms with Crippen molar-refractivity contribution in [3.05, 3.63) is 66.2 Å². The molecule has 2 aliphatic rings. The van der Waals surface area contributed by atoms with Crippen LogP contribution in [0.5, 0.6) is 5.75 Å². The first-order valence-electron chi connectivity index (χ1n) is 11.5. The number of hydrogen-bond donors (Lipinski definition) is 2. The van der Waals surface area contributed by atoms with E-state index in [1.807, 2.05) is 30.3 Å². The summed E-state index contributed by atoms with van der Waals surface area (Å²) in [5.41, 5.74) is 1.59. The second-order valence-electron chi connectivity index (χ2n) is 9.46. The molecule has 1 heterocycles. The van der Waals surface area contributed by atoms with Crippen LogP contribution in [0.1, 0.15) is 44.6 Å². The van der Waals surface area contributed by atoms with Crippen molar-refractivity contribution in [2.24, 2.45) is 5.41 Å². The van der Waals surface area contributed by atoms with Crippen LogP contribution in [0.2, 0.25) is 0 Å². The van der Waals surface area contributed by atoms with Crippen molar-refractivity contribution >= 4 is 0 Å². The van der Waals surface area contributed by atoms with Gasteiger partial charge in [-0.1, -0.05) is 68.8 Å². The average molecular weight is 409 g/mol. The van der Waals surface area contributed by atoms with Gasteiger partial charge in [-0.3, -0.25) is 4.90 Å². The predicted molar refractivity (Wildman–Crippen MR) is 122 cm³/mol. The lowest BCUT2D eigenvalue weighted by molar-refractivity contribution is -0.0710. The fourth-order valence-electron chi connectivity index (χ4n) is 5.63. The molecule has 4 nitrogen and oxygen atoms in total. The van der Waals surface area contributed by atoms with Gasteiger partial charge >= 0.3 is 0 Å². The Morgan fingerprint density at radius 3 is 2.30 bits per heavy atom. The molecule has 0 amide bonds. The molecule has 4 heteroatoms. The lowest BCUT2D eigenvalue weighted by Gasteiger charge is -2.63. The van der Waals surface area contributed by atoms with E-state index in [9.17, 15) is 5.11 Å². The molecule has 0 bridgehead atoms. The third kappa shape index (κ3) is 4.56. The van der Waals surface area contributed by atoms with E-state index in [2.05, 4.69) is 54.4 Å². The molecule has 162 valence electrons. The Kier molecular flexibility index (Phi) is 6.77. The third-order valence-electron chi connectivity index (χ3n) is 6.98. The van der Waals surface area contributed by atoms with E-state index in [0.29, 0.717) is 31.2 Å². The topological polar surface area (TPSA) is 44.7 Å². The number of likely N-dealkylation sites (tertiary alicyclic amines) is 1. The molecule has 2 N–H and O–H groups in total. The lowest BCUT2D eigenvalue weighted by atomic mass is 9.52. The summed E-state index contributed by atoms with van der Waals surface area (Å²) >= 11 is 0. The van der Waals surface area contributed by atoms with Crippen LogP contribution in [0.15, 0.2) is 60.7 Å².